The van der Waals surface area contributed by atoms with Gasteiger partial charge in [0, 0.05) is 13.7 Å². The van der Waals surface area contributed by atoms with Gasteiger partial charge in [0.1, 0.15) is 5.82 Å². The first-order valence-electron chi connectivity index (χ1n) is 5.42. The van der Waals surface area contributed by atoms with Crippen molar-refractivity contribution >= 4 is 11.5 Å². The Morgan fingerprint density at radius 1 is 1.67 bits per heavy atom. The normalized spacial score (nSPS) is 21.5. The molecule has 2 rings (SSSR count). The summed E-state index contributed by atoms with van der Waals surface area (Å²) >= 11 is 0. The smallest absolute Gasteiger partial charge is 0.147 e. The number of nitrogens with two attached hydrogens (primary N) is 1. The molecule has 0 aliphatic carbocycles. The van der Waals surface area contributed by atoms with Gasteiger partial charge < -0.3 is 15.8 Å². The van der Waals surface area contributed by atoms with Crippen LogP contribution in [0.1, 0.15) is 19.3 Å². The second-order valence-electron chi connectivity index (χ2n) is 3.87. The van der Waals surface area contributed by atoms with Crippen molar-refractivity contribution in [3.63, 3.8) is 0 Å². The summed E-state index contributed by atoms with van der Waals surface area (Å²) in [6, 6.07) is 0. The summed E-state index contributed by atoms with van der Waals surface area (Å²) in [7, 11) is 1.85. The van der Waals surface area contributed by atoms with Crippen LogP contribution in [0.25, 0.3) is 0 Å². The summed E-state index contributed by atoms with van der Waals surface area (Å²) in [4.78, 5) is 0. The van der Waals surface area contributed by atoms with Gasteiger partial charge in [-0.2, -0.15) is 5.10 Å². The van der Waals surface area contributed by atoms with E-state index in [4.69, 9.17) is 10.5 Å². The molecule has 1 saturated heterocycles. The van der Waals surface area contributed by atoms with Crippen LogP contribution < -0.4 is 11.1 Å². The standard InChI is InChI=1S/C10H18N4O/c1-12-10-9(11)6-13-14(10)7-8-4-2-3-5-15-8/h6,8,12H,2-5,7,11H2,1H3. The van der Waals surface area contributed by atoms with E-state index in [9.17, 15) is 0 Å². The highest BCUT2D eigenvalue weighted by atomic mass is 16.5. The summed E-state index contributed by atoms with van der Waals surface area (Å²) in [6.45, 7) is 1.66. The molecule has 1 aliphatic rings. The summed E-state index contributed by atoms with van der Waals surface area (Å²) < 4.78 is 7.54. The molecule has 15 heavy (non-hydrogen) atoms. The Morgan fingerprint density at radius 3 is 3.20 bits per heavy atom. The van der Waals surface area contributed by atoms with Gasteiger partial charge in [-0.1, -0.05) is 0 Å². The molecule has 0 amide bonds. The second-order valence-corrected chi connectivity index (χ2v) is 3.87. The van der Waals surface area contributed by atoms with E-state index in [0.29, 0.717) is 5.69 Å². The third-order valence-corrected chi connectivity index (χ3v) is 2.76. The monoisotopic (exact) mass is 210 g/mol. The van der Waals surface area contributed by atoms with E-state index in [1.807, 2.05) is 11.7 Å². The highest BCUT2D eigenvalue weighted by Crippen LogP contribution is 2.20. The van der Waals surface area contributed by atoms with Crippen molar-refractivity contribution in [2.24, 2.45) is 0 Å². The van der Waals surface area contributed by atoms with Crippen molar-refractivity contribution < 1.29 is 4.74 Å². The molecule has 0 spiro atoms. The van der Waals surface area contributed by atoms with Crippen molar-refractivity contribution in [1.82, 2.24) is 9.78 Å². The average molecular weight is 210 g/mol. The molecule has 0 saturated carbocycles. The maximum absolute atomic E-state index is 5.77. The van der Waals surface area contributed by atoms with Crippen LogP contribution in [-0.2, 0) is 11.3 Å². The van der Waals surface area contributed by atoms with Gasteiger partial charge in [0.05, 0.1) is 24.5 Å². The number of nitrogens with zero attached hydrogens (tertiary/aromatic N) is 2. The van der Waals surface area contributed by atoms with Gasteiger partial charge in [0.15, 0.2) is 0 Å². The fourth-order valence-electron chi connectivity index (χ4n) is 1.96. The van der Waals surface area contributed by atoms with Crippen LogP contribution in [0.3, 0.4) is 0 Å². The SMILES string of the molecule is CNc1c(N)cnn1CC1CCCCO1. The molecular weight excluding hydrogens is 192 g/mol. The number of rotatable bonds is 3. The lowest BCUT2D eigenvalue weighted by molar-refractivity contribution is 0.00436. The molecule has 5 nitrogen and oxygen atoms in total. The summed E-state index contributed by atoms with van der Waals surface area (Å²) in [6.07, 6.45) is 5.50. The van der Waals surface area contributed by atoms with E-state index in [1.165, 1.54) is 12.8 Å². The number of nitrogen functional groups attached to an aromatic ring is 1. The van der Waals surface area contributed by atoms with E-state index in [2.05, 4.69) is 10.4 Å². The molecule has 1 aliphatic heterocycles. The minimum Gasteiger partial charge on any atom is -0.394 e. The molecule has 1 fully saturated rings. The largest absolute Gasteiger partial charge is 0.394 e. The Balaban J connectivity index is 2.02. The highest BCUT2D eigenvalue weighted by molar-refractivity contribution is 5.60. The van der Waals surface area contributed by atoms with Crippen molar-refractivity contribution in [2.75, 3.05) is 24.7 Å². The third kappa shape index (κ3) is 2.23. The molecule has 5 heteroatoms. The molecule has 2 heterocycles. The van der Waals surface area contributed by atoms with Gasteiger partial charge in [0.25, 0.3) is 0 Å². The lowest BCUT2D eigenvalue weighted by atomic mass is 10.1. The molecule has 84 valence electrons. The minimum atomic E-state index is 0.283. The molecule has 1 aromatic rings. The molecule has 1 atom stereocenters. The third-order valence-electron chi connectivity index (χ3n) is 2.76. The maximum Gasteiger partial charge on any atom is 0.147 e. The Bertz CT molecular complexity index is 317. The first-order valence-corrected chi connectivity index (χ1v) is 5.42. The highest BCUT2D eigenvalue weighted by Gasteiger charge is 2.16. The number of hydrogen-bond acceptors (Lipinski definition) is 4. The second kappa shape index (κ2) is 4.53. The van der Waals surface area contributed by atoms with E-state index < -0.39 is 0 Å². The quantitative estimate of drug-likeness (QED) is 0.783. The van der Waals surface area contributed by atoms with Crippen LogP contribution in [0.15, 0.2) is 6.20 Å². The minimum absolute atomic E-state index is 0.283. The lowest BCUT2D eigenvalue weighted by Gasteiger charge is -2.23. The zero-order valence-corrected chi connectivity index (χ0v) is 9.07. The number of nitrogens with one attached hydrogen (secondary N) is 1. The Labute approximate surface area is 89.6 Å². The molecule has 0 bridgehead atoms. The van der Waals surface area contributed by atoms with Crippen molar-refractivity contribution in [3.05, 3.63) is 6.20 Å². The predicted octanol–water partition coefficient (Wildman–Crippen LogP) is 1.08. The number of ether oxygens (including phenoxy) is 1. The molecule has 1 unspecified atom stereocenters. The van der Waals surface area contributed by atoms with Gasteiger partial charge >= 0.3 is 0 Å². The number of hydrogen-bond donors (Lipinski definition) is 2. The van der Waals surface area contributed by atoms with Gasteiger partial charge in [-0.15, -0.1) is 0 Å². The van der Waals surface area contributed by atoms with Crippen LogP contribution in [0.2, 0.25) is 0 Å². The van der Waals surface area contributed by atoms with Gasteiger partial charge in [0.2, 0.25) is 0 Å². The van der Waals surface area contributed by atoms with Crippen LogP contribution >= 0.6 is 0 Å². The summed E-state index contributed by atoms with van der Waals surface area (Å²) in [5.41, 5.74) is 6.46. The molecule has 3 N–H and O–H groups in total. The fourth-order valence-corrected chi connectivity index (χ4v) is 1.96. The lowest BCUT2D eigenvalue weighted by Crippen LogP contribution is -2.25. The van der Waals surface area contributed by atoms with E-state index in [0.717, 1.165) is 25.4 Å². The van der Waals surface area contributed by atoms with E-state index in [1.54, 1.807) is 6.20 Å². The molecular formula is C10H18N4O. The van der Waals surface area contributed by atoms with Crippen LogP contribution in [0.4, 0.5) is 11.5 Å². The van der Waals surface area contributed by atoms with Crippen molar-refractivity contribution in [1.29, 1.82) is 0 Å². The first-order chi connectivity index (χ1) is 7.31. The van der Waals surface area contributed by atoms with Gasteiger partial charge in [-0.05, 0) is 19.3 Å². The van der Waals surface area contributed by atoms with E-state index >= 15 is 0 Å². The fraction of sp³-hybridized carbons (Fsp3) is 0.700. The molecule has 0 aromatic carbocycles. The molecule has 1 aromatic heterocycles. The first kappa shape index (κ1) is 10.3. The average Bonchev–Trinajstić information content (AvgIpc) is 2.61. The van der Waals surface area contributed by atoms with Crippen LogP contribution in [-0.4, -0.2) is 29.5 Å². The van der Waals surface area contributed by atoms with Crippen molar-refractivity contribution in [2.45, 2.75) is 31.9 Å². The number of anilines is 2. The molecule has 0 radical (unpaired) electrons. The van der Waals surface area contributed by atoms with Gasteiger partial charge in [-0.3, -0.25) is 0 Å². The zero-order valence-electron chi connectivity index (χ0n) is 9.07. The Kier molecular flexibility index (Phi) is 3.11. The topological polar surface area (TPSA) is 65.1 Å². The summed E-state index contributed by atoms with van der Waals surface area (Å²) in [5.74, 6) is 0.879. The number of aromatic nitrogens is 2. The Hall–Kier alpha value is -1.23. The summed E-state index contributed by atoms with van der Waals surface area (Å²) in [5, 5.41) is 7.28. The maximum atomic E-state index is 5.77. The van der Waals surface area contributed by atoms with Crippen LogP contribution in [0.5, 0.6) is 0 Å². The zero-order chi connectivity index (χ0) is 10.7. The Morgan fingerprint density at radius 2 is 2.53 bits per heavy atom. The van der Waals surface area contributed by atoms with E-state index in [-0.39, 0.29) is 6.10 Å². The van der Waals surface area contributed by atoms with Crippen LogP contribution in [0, 0.1) is 0 Å². The van der Waals surface area contributed by atoms with Crippen molar-refractivity contribution in [3.8, 4) is 0 Å². The predicted molar refractivity (Wildman–Crippen MR) is 59.8 cm³/mol. The van der Waals surface area contributed by atoms with Gasteiger partial charge in [-0.25, -0.2) is 4.68 Å².